The van der Waals surface area contributed by atoms with E-state index < -0.39 is 0 Å². The zero-order valence-electron chi connectivity index (χ0n) is 17.9. The van der Waals surface area contributed by atoms with Crippen LogP contribution < -0.4 is 14.2 Å². The number of aryl methyl sites for hydroxylation is 2. The molecule has 0 bridgehead atoms. The van der Waals surface area contributed by atoms with Gasteiger partial charge in [-0.05, 0) is 96.1 Å². The molecule has 1 fully saturated rings. The van der Waals surface area contributed by atoms with E-state index in [1.807, 2.05) is 45.0 Å². The van der Waals surface area contributed by atoms with Gasteiger partial charge in [-0.15, -0.1) is 0 Å². The first-order valence-electron chi connectivity index (χ1n) is 9.79. The van der Waals surface area contributed by atoms with Crippen molar-refractivity contribution in [1.82, 2.24) is 4.90 Å². The number of ether oxygens (including phenoxy) is 3. The summed E-state index contributed by atoms with van der Waals surface area (Å²) < 4.78 is 17.7. The van der Waals surface area contributed by atoms with Crippen molar-refractivity contribution in [1.29, 1.82) is 0 Å². The minimum Gasteiger partial charge on any atom is -0.493 e. The molecule has 0 spiro atoms. The minimum atomic E-state index is -0.317. The van der Waals surface area contributed by atoms with Crippen molar-refractivity contribution < 1.29 is 23.8 Å². The number of benzene rings is 2. The Morgan fingerprint density at radius 2 is 1.87 bits per heavy atom. The van der Waals surface area contributed by atoms with E-state index in [1.165, 1.54) is 4.90 Å². The molecule has 1 heterocycles. The Morgan fingerprint density at radius 1 is 1.10 bits per heavy atom. The molecule has 8 heteroatoms. The number of hydrogen-bond acceptors (Lipinski definition) is 6. The third-order valence-corrected chi connectivity index (χ3v) is 6.34. The van der Waals surface area contributed by atoms with Gasteiger partial charge in [0.15, 0.2) is 11.5 Å². The van der Waals surface area contributed by atoms with E-state index in [-0.39, 0.29) is 24.3 Å². The average molecular weight is 553 g/mol. The molecule has 0 radical (unpaired) electrons. The summed E-state index contributed by atoms with van der Waals surface area (Å²) in [4.78, 5) is 26.8. The maximum Gasteiger partial charge on any atom is 0.293 e. The molecule has 0 N–H and O–H groups in total. The monoisotopic (exact) mass is 553 g/mol. The first kappa shape index (κ1) is 23.5. The predicted octanol–water partition coefficient (Wildman–Crippen LogP) is 5.43. The fraction of sp³-hybridized carbons (Fsp3) is 0.304. The molecule has 2 amide bonds. The zero-order chi connectivity index (χ0) is 22.5. The second kappa shape index (κ2) is 10.4. The average Bonchev–Trinajstić information content (AvgIpc) is 2.99. The smallest absolute Gasteiger partial charge is 0.293 e. The number of imide groups is 1. The Balaban J connectivity index is 1.71. The van der Waals surface area contributed by atoms with E-state index >= 15 is 0 Å². The lowest BCUT2D eigenvalue weighted by Gasteiger charge is -2.14. The highest BCUT2D eigenvalue weighted by Crippen LogP contribution is 2.37. The van der Waals surface area contributed by atoms with Crippen LogP contribution in [0.1, 0.15) is 23.6 Å². The molecular weight excluding hydrogens is 529 g/mol. The van der Waals surface area contributed by atoms with Crippen molar-refractivity contribution in [2.24, 2.45) is 0 Å². The number of methoxy groups -OCH3 is 1. The molecule has 1 aliphatic heterocycles. The van der Waals surface area contributed by atoms with Crippen molar-refractivity contribution in [2.45, 2.75) is 20.8 Å². The highest BCUT2D eigenvalue weighted by molar-refractivity contribution is 14.1. The Labute approximate surface area is 200 Å². The van der Waals surface area contributed by atoms with Crippen LogP contribution in [0.15, 0.2) is 35.2 Å². The summed E-state index contributed by atoms with van der Waals surface area (Å²) in [6.07, 6.45) is 1.71. The van der Waals surface area contributed by atoms with E-state index in [0.717, 1.165) is 37.8 Å². The van der Waals surface area contributed by atoms with Crippen LogP contribution in [0.25, 0.3) is 6.08 Å². The minimum absolute atomic E-state index is 0.194. The highest BCUT2D eigenvalue weighted by Gasteiger charge is 2.35. The molecule has 3 rings (SSSR count). The molecule has 164 valence electrons. The highest BCUT2D eigenvalue weighted by atomic mass is 127. The number of amides is 2. The van der Waals surface area contributed by atoms with Gasteiger partial charge in [0.05, 0.1) is 28.7 Å². The van der Waals surface area contributed by atoms with Gasteiger partial charge < -0.3 is 14.2 Å². The molecule has 0 aliphatic carbocycles. The second-order valence-electron chi connectivity index (χ2n) is 6.92. The third kappa shape index (κ3) is 5.54. The fourth-order valence-corrected chi connectivity index (χ4v) is 4.71. The van der Waals surface area contributed by atoms with Gasteiger partial charge in [-0.1, -0.05) is 12.1 Å². The molecule has 2 aromatic carbocycles. The van der Waals surface area contributed by atoms with Gasteiger partial charge >= 0.3 is 0 Å². The van der Waals surface area contributed by atoms with Crippen molar-refractivity contribution >= 4 is 51.6 Å². The van der Waals surface area contributed by atoms with E-state index in [1.54, 1.807) is 19.3 Å². The van der Waals surface area contributed by atoms with Crippen molar-refractivity contribution in [2.75, 3.05) is 26.9 Å². The van der Waals surface area contributed by atoms with Crippen LogP contribution in [-0.4, -0.2) is 42.9 Å². The lowest BCUT2D eigenvalue weighted by atomic mass is 10.1. The molecule has 1 aliphatic rings. The quantitative estimate of drug-likeness (QED) is 0.321. The van der Waals surface area contributed by atoms with Crippen LogP contribution in [0.2, 0.25) is 0 Å². The van der Waals surface area contributed by atoms with E-state index in [9.17, 15) is 9.59 Å². The van der Waals surface area contributed by atoms with E-state index in [4.69, 9.17) is 14.2 Å². The number of carbonyl (C=O) groups excluding carboxylic acids is 2. The van der Waals surface area contributed by atoms with Crippen molar-refractivity contribution in [3.8, 4) is 17.2 Å². The van der Waals surface area contributed by atoms with Crippen LogP contribution in [0.4, 0.5) is 4.79 Å². The van der Waals surface area contributed by atoms with Gasteiger partial charge in [-0.3, -0.25) is 14.5 Å². The molecule has 0 saturated carbocycles. The second-order valence-corrected chi connectivity index (χ2v) is 9.07. The number of rotatable bonds is 8. The van der Waals surface area contributed by atoms with Gasteiger partial charge in [-0.2, -0.15) is 0 Å². The molecular formula is C23H24INO5S. The molecule has 1 saturated heterocycles. The van der Waals surface area contributed by atoms with E-state index in [0.29, 0.717) is 23.0 Å². The predicted molar refractivity (Wildman–Crippen MR) is 131 cm³/mol. The van der Waals surface area contributed by atoms with Crippen molar-refractivity contribution in [3.05, 3.63) is 55.5 Å². The van der Waals surface area contributed by atoms with Crippen LogP contribution in [-0.2, 0) is 4.79 Å². The first-order valence-corrected chi connectivity index (χ1v) is 11.7. The standard InChI is InChI=1S/C23H24INO5S/c1-5-29-21-17(24)11-16(12-19(21)28-4)13-20-22(26)25(23(27)31-20)8-9-30-18-10-14(2)6-7-15(18)3/h6-7,10-13H,5,8-9H2,1-4H3/b20-13-. The Hall–Kier alpha value is -2.20. The summed E-state index contributed by atoms with van der Waals surface area (Å²) in [5.41, 5.74) is 2.87. The molecule has 31 heavy (non-hydrogen) atoms. The van der Waals surface area contributed by atoms with Crippen LogP contribution in [0.5, 0.6) is 17.2 Å². The van der Waals surface area contributed by atoms with Gasteiger partial charge in [0.25, 0.3) is 11.1 Å². The van der Waals surface area contributed by atoms with Crippen molar-refractivity contribution in [3.63, 3.8) is 0 Å². The number of thioether (sulfide) groups is 1. The largest absolute Gasteiger partial charge is 0.493 e. The zero-order valence-corrected chi connectivity index (χ0v) is 20.8. The first-order chi connectivity index (χ1) is 14.8. The molecule has 0 atom stereocenters. The van der Waals surface area contributed by atoms with Crippen LogP contribution in [0, 0.1) is 17.4 Å². The van der Waals surface area contributed by atoms with E-state index in [2.05, 4.69) is 22.6 Å². The summed E-state index contributed by atoms with van der Waals surface area (Å²) in [5, 5.41) is -0.298. The summed E-state index contributed by atoms with van der Waals surface area (Å²) >= 11 is 3.10. The van der Waals surface area contributed by atoms with Crippen LogP contribution >= 0.6 is 34.4 Å². The fourth-order valence-electron chi connectivity index (χ4n) is 3.06. The lowest BCUT2D eigenvalue weighted by Crippen LogP contribution is -2.32. The summed E-state index contributed by atoms with van der Waals surface area (Å²) in [6.45, 7) is 6.82. The summed E-state index contributed by atoms with van der Waals surface area (Å²) in [5.74, 6) is 1.70. The maximum atomic E-state index is 12.8. The summed E-state index contributed by atoms with van der Waals surface area (Å²) in [6, 6.07) is 9.64. The van der Waals surface area contributed by atoms with Gasteiger partial charge in [0.1, 0.15) is 12.4 Å². The normalized spacial score (nSPS) is 15.0. The SMILES string of the molecule is CCOc1c(I)cc(/C=C2\SC(=O)N(CCOc3cc(C)ccc3C)C2=O)cc1OC. The molecule has 0 aromatic heterocycles. The molecule has 6 nitrogen and oxygen atoms in total. The third-order valence-electron chi connectivity index (χ3n) is 4.63. The lowest BCUT2D eigenvalue weighted by molar-refractivity contribution is -0.123. The van der Waals surface area contributed by atoms with Gasteiger partial charge in [0, 0.05) is 0 Å². The number of nitrogens with zero attached hydrogens (tertiary/aromatic N) is 1. The maximum absolute atomic E-state index is 12.8. The van der Waals surface area contributed by atoms with Gasteiger partial charge in [-0.25, -0.2) is 0 Å². The van der Waals surface area contributed by atoms with Gasteiger partial charge in [0.2, 0.25) is 0 Å². The Bertz CT molecular complexity index is 1040. The molecule has 0 unspecified atom stereocenters. The molecule has 2 aromatic rings. The number of halogens is 1. The summed E-state index contributed by atoms with van der Waals surface area (Å²) in [7, 11) is 1.57. The number of carbonyl (C=O) groups is 2. The number of hydrogen-bond donors (Lipinski definition) is 0. The topological polar surface area (TPSA) is 65.1 Å². The Morgan fingerprint density at radius 3 is 2.58 bits per heavy atom. The Kier molecular flexibility index (Phi) is 7.88. The van der Waals surface area contributed by atoms with Crippen LogP contribution in [0.3, 0.4) is 0 Å².